The lowest BCUT2D eigenvalue weighted by molar-refractivity contribution is -0.119. The van der Waals surface area contributed by atoms with Gasteiger partial charge >= 0.3 is 0 Å². The summed E-state index contributed by atoms with van der Waals surface area (Å²) in [4.78, 5) is 14.9. The summed E-state index contributed by atoms with van der Waals surface area (Å²) in [5, 5.41) is 7.58. The van der Waals surface area contributed by atoms with Crippen LogP contribution in [0.3, 0.4) is 0 Å². The largest absolute Gasteiger partial charge is 0.325 e. The quantitative estimate of drug-likeness (QED) is 0.532. The van der Waals surface area contributed by atoms with E-state index < -0.39 is 0 Å². The van der Waals surface area contributed by atoms with Crippen LogP contribution >= 0.6 is 27.7 Å². The van der Waals surface area contributed by atoms with Gasteiger partial charge in [0.1, 0.15) is 0 Å². The molecule has 0 aliphatic rings. The molecule has 1 amide bonds. The molecule has 4 nitrogen and oxygen atoms in total. The van der Waals surface area contributed by atoms with Crippen molar-refractivity contribution in [3.63, 3.8) is 0 Å². The summed E-state index contributed by atoms with van der Waals surface area (Å²) in [5.74, 6) is -0.218. The van der Waals surface area contributed by atoms with Crippen LogP contribution in [0.25, 0.3) is 0 Å². The van der Waals surface area contributed by atoms with Crippen LogP contribution in [-0.4, -0.2) is 15.7 Å². The number of amides is 1. The van der Waals surface area contributed by atoms with E-state index in [0.717, 1.165) is 31.3 Å². The Labute approximate surface area is 172 Å². The highest BCUT2D eigenvalue weighted by molar-refractivity contribution is 9.10. The minimum absolute atomic E-state index is 0.0141. The molecule has 1 N–H and O–H groups in total. The van der Waals surface area contributed by atoms with Gasteiger partial charge in [0.05, 0.1) is 28.3 Å². The number of aryl methyl sites for hydroxylation is 1. The Kier molecular flexibility index (Phi) is 6.39. The Morgan fingerprint density at radius 2 is 1.81 bits per heavy atom. The van der Waals surface area contributed by atoms with Gasteiger partial charge in [-0.25, -0.2) is 0 Å². The second-order valence-corrected chi connectivity index (χ2v) is 8.38. The fraction of sp³-hybridized carbons (Fsp3) is 0.238. The van der Waals surface area contributed by atoms with Gasteiger partial charge in [-0.2, -0.15) is 5.10 Å². The predicted octanol–water partition coefficient (Wildman–Crippen LogP) is 5.69. The van der Waals surface area contributed by atoms with E-state index >= 15 is 0 Å². The SMILES string of the molecule is Cc1nn(CC(C)C(=O)Nc2ccccc2Sc2ccccc2)c(C)c1Br. The summed E-state index contributed by atoms with van der Waals surface area (Å²) in [6.07, 6.45) is 0. The molecule has 0 spiro atoms. The van der Waals surface area contributed by atoms with Crippen molar-refractivity contribution in [1.82, 2.24) is 9.78 Å². The first-order valence-corrected chi connectivity index (χ1v) is 10.4. The molecular weight excluding hydrogens is 422 g/mol. The van der Waals surface area contributed by atoms with Gasteiger partial charge in [0, 0.05) is 15.5 Å². The highest BCUT2D eigenvalue weighted by Gasteiger charge is 2.18. The van der Waals surface area contributed by atoms with Crippen molar-refractivity contribution in [2.24, 2.45) is 5.92 Å². The third kappa shape index (κ3) is 4.82. The Hall–Kier alpha value is -2.05. The molecule has 2 aromatic carbocycles. The molecule has 0 fully saturated rings. The number of halogens is 1. The van der Waals surface area contributed by atoms with Crippen LogP contribution in [-0.2, 0) is 11.3 Å². The highest BCUT2D eigenvalue weighted by atomic mass is 79.9. The maximum Gasteiger partial charge on any atom is 0.229 e. The standard InChI is InChI=1S/C21H22BrN3OS/c1-14(13-25-16(3)20(22)15(2)24-25)21(26)23-18-11-7-8-12-19(18)27-17-9-5-4-6-10-17/h4-12,14H,13H2,1-3H3,(H,23,26). The molecule has 27 heavy (non-hydrogen) atoms. The molecule has 1 aromatic heterocycles. The Balaban J connectivity index is 1.71. The number of carbonyl (C=O) groups is 1. The van der Waals surface area contributed by atoms with Crippen molar-refractivity contribution in [3.8, 4) is 0 Å². The summed E-state index contributed by atoms with van der Waals surface area (Å²) in [6, 6.07) is 18.0. The number of hydrogen-bond acceptors (Lipinski definition) is 3. The number of nitrogens with zero attached hydrogens (tertiary/aromatic N) is 2. The third-order valence-corrected chi connectivity index (χ3v) is 6.53. The van der Waals surface area contributed by atoms with Gasteiger partial charge in [0.15, 0.2) is 0 Å². The molecule has 1 unspecified atom stereocenters. The smallest absolute Gasteiger partial charge is 0.229 e. The normalized spacial score (nSPS) is 12.0. The number of anilines is 1. The zero-order valence-corrected chi connectivity index (χ0v) is 18.0. The van der Waals surface area contributed by atoms with Crippen molar-refractivity contribution < 1.29 is 4.79 Å². The molecule has 0 radical (unpaired) electrons. The van der Waals surface area contributed by atoms with Crippen LogP contribution in [0.1, 0.15) is 18.3 Å². The van der Waals surface area contributed by atoms with Crippen molar-refractivity contribution >= 4 is 39.3 Å². The minimum Gasteiger partial charge on any atom is -0.325 e. The van der Waals surface area contributed by atoms with Crippen molar-refractivity contribution in [2.45, 2.75) is 37.1 Å². The summed E-state index contributed by atoms with van der Waals surface area (Å²) in [6.45, 7) is 6.42. The van der Waals surface area contributed by atoms with Gasteiger partial charge in [-0.15, -0.1) is 0 Å². The van der Waals surface area contributed by atoms with Crippen LogP contribution < -0.4 is 5.32 Å². The second kappa shape index (κ2) is 8.76. The molecule has 0 aliphatic heterocycles. The van der Waals surface area contributed by atoms with Gasteiger partial charge in [0.25, 0.3) is 0 Å². The first-order valence-electron chi connectivity index (χ1n) is 8.78. The van der Waals surface area contributed by atoms with Gasteiger partial charge in [-0.3, -0.25) is 9.48 Å². The highest BCUT2D eigenvalue weighted by Crippen LogP contribution is 2.33. The molecule has 1 heterocycles. The van der Waals surface area contributed by atoms with Crippen molar-refractivity contribution in [1.29, 1.82) is 0 Å². The number of carbonyl (C=O) groups excluding carboxylic acids is 1. The van der Waals surface area contributed by atoms with E-state index in [1.165, 1.54) is 0 Å². The first-order chi connectivity index (χ1) is 13.0. The molecule has 3 rings (SSSR count). The monoisotopic (exact) mass is 443 g/mol. The molecule has 0 saturated heterocycles. The summed E-state index contributed by atoms with van der Waals surface area (Å²) < 4.78 is 2.88. The minimum atomic E-state index is -0.204. The van der Waals surface area contributed by atoms with Crippen molar-refractivity contribution in [3.05, 3.63) is 70.5 Å². The second-order valence-electron chi connectivity index (χ2n) is 6.47. The van der Waals surface area contributed by atoms with Crippen LogP contribution in [0.15, 0.2) is 68.9 Å². The zero-order chi connectivity index (χ0) is 19.4. The fourth-order valence-corrected chi connectivity index (χ4v) is 3.93. The fourth-order valence-electron chi connectivity index (χ4n) is 2.73. The van der Waals surface area contributed by atoms with Crippen LogP contribution in [0, 0.1) is 19.8 Å². The molecule has 0 bridgehead atoms. The van der Waals surface area contributed by atoms with E-state index in [-0.39, 0.29) is 11.8 Å². The van der Waals surface area contributed by atoms with Crippen LogP contribution in [0.5, 0.6) is 0 Å². The Morgan fingerprint density at radius 1 is 1.15 bits per heavy atom. The number of para-hydroxylation sites is 1. The molecule has 0 aliphatic carbocycles. The maximum atomic E-state index is 12.8. The average molecular weight is 444 g/mol. The Bertz CT molecular complexity index is 940. The van der Waals surface area contributed by atoms with Crippen LogP contribution in [0.4, 0.5) is 5.69 Å². The zero-order valence-electron chi connectivity index (χ0n) is 15.6. The lowest BCUT2D eigenvalue weighted by atomic mass is 10.1. The molecule has 1 atom stereocenters. The van der Waals surface area contributed by atoms with E-state index in [0.29, 0.717) is 6.54 Å². The number of rotatable bonds is 6. The van der Waals surface area contributed by atoms with Crippen molar-refractivity contribution in [2.75, 3.05) is 5.32 Å². The maximum absolute atomic E-state index is 12.8. The summed E-state index contributed by atoms with van der Waals surface area (Å²) >= 11 is 5.18. The van der Waals surface area contributed by atoms with Crippen LogP contribution in [0.2, 0.25) is 0 Å². The average Bonchev–Trinajstić information content (AvgIpc) is 2.91. The van der Waals surface area contributed by atoms with E-state index in [4.69, 9.17) is 0 Å². The molecular formula is C21H22BrN3OS. The van der Waals surface area contributed by atoms with Gasteiger partial charge < -0.3 is 5.32 Å². The first kappa shape index (κ1) is 19.7. The number of hydrogen-bond donors (Lipinski definition) is 1. The summed E-state index contributed by atoms with van der Waals surface area (Å²) in [7, 11) is 0. The van der Waals surface area contributed by atoms with Gasteiger partial charge in [-0.1, -0.05) is 49.0 Å². The Morgan fingerprint density at radius 3 is 2.48 bits per heavy atom. The van der Waals surface area contributed by atoms with Gasteiger partial charge in [-0.05, 0) is 54.0 Å². The molecule has 6 heteroatoms. The topological polar surface area (TPSA) is 46.9 Å². The van der Waals surface area contributed by atoms with E-state index in [1.807, 2.05) is 67.9 Å². The molecule has 140 valence electrons. The van der Waals surface area contributed by atoms with E-state index in [1.54, 1.807) is 11.8 Å². The lowest BCUT2D eigenvalue weighted by Gasteiger charge is -2.15. The number of nitrogens with one attached hydrogen (secondary N) is 1. The summed E-state index contributed by atoms with van der Waals surface area (Å²) in [5.41, 5.74) is 2.80. The number of aromatic nitrogens is 2. The molecule has 0 saturated carbocycles. The predicted molar refractivity (Wildman–Crippen MR) is 114 cm³/mol. The van der Waals surface area contributed by atoms with E-state index in [9.17, 15) is 4.79 Å². The number of benzene rings is 2. The molecule has 3 aromatic rings. The van der Waals surface area contributed by atoms with Gasteiger partial charge in [0.2, 0.25) is 5.91 Å². The third-order valence-electron chi connectivity index (χ3n) is 4.30. The lowest BCUT2D eigenvalue weighted by Crippen LogP contribution is -2.25. The van der Waals surface area contributed by atoms with E-state index in [2.05, 4.69) is 38.5 Å².